The minimum Gasteiger partial charge on any atom is -0.449 e. The van der Waals surface area contributed by atoms with Crippen molar-refractivity contribution in [3.63, 3.8) is 0 Å². The molecule has 1 aromatic heterocycles. The van der Waals surface area contributed by atoms with Gasteiger partial charge in [0.05, 0.1) is 11.3 Å². The fourth-order valence-corrected chi connectivity index (χ4v) is 3.01. The quantitative estimate of drug-likeness (QED) is 0.529. The van der Waals surface area contributed by atoms with Crippen molar-refractivity contribution in [1.29, 1.82) is 0 Å². The van der Waals surface area contributed by atoms with Gasteiger partial charge in [-0.25, -0.2) is 4.79 Å². The molecule has 0 aliphatic carbocycles. The van der Waals surface area contributed by atoms with E-state index >= 15 is 0 Å². The van der Waals surface area contributed by atoms with Crippen LogP contribution in [0.3, 0.4) is 0 Å². The van der Waals surface area contributed by atoms with E-state index in [-0.39, 0.29) is 5.02 Å². The van der Waals surface area contributed by atoms with E-state index in [2.05, 4.69) is 5.32 Å². The summed E-state index contributed by atoms with van der Waals surface area (Å²) in [4.78, 5) is 25.8. The summed E-state index contributed by atoms with van der Waals surface area (Å²) in [6.45, 7) is 3.18. The number of hydrogen-bond donors (Lipinski definition) is 1. The van der Waals surface area contributed by atoms with Gasteiger partial charge in [-0.2, -0.15) is 13.2 Å². The SMILES string of the molecule is Cc1ccc(/C=C/C(=O)OC(C)C(=O)Nc2ccc(Cl)cc2C(F)(F)F)s1. The summed E-state index contributed by atoms with van der Waals surface area (Å²) in [5, 5.41) is 1.99. The molecule has 0 aliphatic rings. The van der Waals surface area contributed by atoms with Crippen LogP contribution in [0.25, 0.3) is 6.08 Å². The zero-order valence-corrected chi connectivity index (χ0v) is 15.8. The molecule has 0 aliphatic heterocycles. The Bertz CT molecular complexity index is 877. The molecule has 0 saturated heterocycles. The van der Waals surface area contributed by atoms with E-state index in [9.17, 15) is 22.8 Å². The van der Waals surface area contributed by atoms with Gasteiger partial charge in [0.2, 0.25) is 0 Å². The number of nitrogens with one attached hydrogen (secondary N) is 1. The number of amides is 1. The zero-order chi connectivity index (χ0) is 20.2. The van der Waals surface area contributed by atoms with E-state index in [1.165, 1.54) is 30.4 Å². The van der Waals surface area contributed by atoms with Gasteiger partial charge in [-0.1, -0.05) is 11.6 Å². The summed E-state index contributed by atoms with van der Waals surface area (Å²) in [6.07, 6.45) is -3.30. The van der Waals surface area contributed by atoms with Gasteiger partial charge in [-0.15, -0.1) is 11.3 Å². The van der Waals surface area contributed by atoms with Crippen molar-refractivity contribution >= 4 is 46.6 Å². The number of alkyl halides is 3. The Hall–Kier alpha value is -2.32. The van der Waals surface area contributed by atoms with Crippen LogP contribution in [-0.4, -0.2) is 18.0 Å². The van der Waals surface area contributed by atoms with Crippen LogP contribution in [0.4, 0.5) is 18.9 Å². The second-order valence-electron chi connectivity index (χ2n) is 5.54. The van der Waals surface area contributed by atoms with Gasteiger partial charge >= 0.3 is 12.1 Å². The molecule has 1 aromatic carbocycles. The number of rotatable bonds is 5. The van der Waals surface area contributed by atoms with Crippen molar-refractivity contribution in [3.8, 4) is 0 Å². The monoisotopic (exact) mass is 417 g/mol. The van der Waals surface area contributed by atoms with Crippen molar-refractivity contribution in [2.45, 2.75) is 26.1 Å². The first-order valence-electron chi connectivity index (χ1n) is 7.69. The van der Waals surface area contributed by atoms with Crippen LogP contribution in [0.1, 0.15) is 22.2 Å². The molecule has 0 radical (unpaired) electrons. The lowest BCUT2D eigenvalue weighted by Crippen LogP contribution is -2.30. The van der Waals surface area contributed by atoms with Crippen molar-refractivity contribution in [1.82, 2.24) is 0 Å². The minimum atomic E-state index is -4.70. The number of anilines is 1. The Morgan fingerprint density at radius 1 is 1.26 bits per heavy atom. The maximum atomic E-state index is 13.0. The van der Waals surface area contributed by atoms with Crippen LogP contribution < -0.4 is 5.32 Å². The second-order valence-corrected chi connectivity index (χ2v) is 7.29. The molecular formula is C18H15ClF3NO3S. The number of carbonyl (C=O) groups is 2. The Morgan fingerprint density at radius 2 is 1.96 bits per heavy atom. The van der Waals surface area contributed by atoms with Gasteiger partial charge in [0, 0.05) is 20.9 Å². The van der Waals surface area contributed by atoms with E-state index in [4.69, 9.17) is 16.3 Å². The lowest BCUT2D eigenvalue weighted by molar-refractivity contribution is -0.148. The van der Waals surface area contributed by atoms with E-state index < -0.39 is 35.4 Å². The molecule has 1 N–H and O–H groups in total. The van der Waals surface area contributed by atoms with Crippen LogP contribution >= 0.6 is 22.9 Å². The largest absolute Gasteiger partial charge is 0.449 e. The summed E-state index contributed by atoms with van der Waals surface area (Å²) >= 11 is 7.06. The third-order valence-corrected chi connectivity index (χ3v) is 4.55. The van der Waals surface area contributed by atoms with Crippen LogP contribution in [0.5, 0.6) is 0 Å². The average Bonchev–Trinajstić information content (AvgIpc) is 2.99. The predicted molar refractivity (Wildman–Crippen MR) is 98.7 cm³/mol. The molecule has 2 rings (SSSR count). The fourth-order valence-electron chi connectivity index (χ4n) is 2.05. The van der Waals surface area contributed by atoms with Gasteiger partial charge in [0.1, 0.15) is 0 Å². The Balaban J connectivity index is 2.01. The number of thiophene rings is 1. The first-order chi connectivity index (χ1) is 12.6. The normalized spacial score (nSPS) is 12.8. The van der Waals surface area contributed by atoms with Gasteiger partial charge in [-0.3, -0.25) is 4.79 Å². The third-order valence-electron chi connectivity index (χ3n) is 3.35. The van der Waals surface area contributed by atoms with E-state index in [0.717, 1.165) is 21.9 Å². The number of halogens is 4. The Labute approximate surface area is 162 Å². The first kappa shape index (κ1) is 21.0. The molecule has 1 unspecified atom stereocenters. The van der Waals surface area contributed by atoms with Crippen molar-refractivity contribution < 1.29 is 27.5 Å². The van der Waals surface area contributed by atoms with Crippen molar-refractivity contribution in [2.75, 3.05) is 5.32 Å². The average molecular weight is 418 g/mol. The molecule has 0 fully saturated rings. The van der Waals surface area contributed by atoms with Crippen molar-refractivity contribution in [2.24, 2.45) is 0 Å². The van der Waals surface area contributed by atoms with Crippen LogP contribution in [0.15, 0.2) is 36.4 Å². The second kappa shape index (κ2) is 8.58. The molecule has 2 aromatic rings. The number of aryl methyl sites for hydroxylation is 1. The highest BCUT2D eigenvalue weighted by molar-refractivity contribution is 7.12. The smallest absolute Gasteiger partial charge is 0.418 e. The zero-order valence-electron chi connectivity index (χ0n) is 14.3. The Morgan fingerprint density at radius 3 is 2.56 bits per heavy atom. The molecule has 27 heavy (non-hydrogen) atoms. The number of ether oxygens (including phenoxy) is 1. The standard InChI is InChI=1S/C18H15ClF3NO3S/c1-10-3-5-13(27-10)6-8-16(24)26-11(2)17(25)23-15-7-4-12(19)9-14(15)18(20,21)22/h3-9,11H,1-2H3,(H,23,25)/b8-6+. The van der Waals surface area contributed by atoms with Gasteiger partial charge in [-0.05, 0) is 50.3 Å². The molecule has 0 spiro atoms. The topological polar surface area (TPSA) is 55.4 Å². The van der Waals surface area contributed by atoms with Gasteiger partial charge in [0.15, 0.2) is 6.10 Å². The van der Waals surface area contributed by atoms with Gasteiger partial charge < -0.3 is 10.1 Å². The van der Waals surface area contributed by atoms with E-state index in [1.807, 2.05) is 19.1 Å². The molecule has 1 amide bonds. The summed E-state index contributed by atoms with van der Waals surface area (Å²) in [7, 11) is 0. The first-order valence-corrected chi connectivity index (χ1v) is 8.88. The molecule has 144 valence electrons. The van der Waals surface area contributed by atoms with Crippen LogP contribution in [-0.2, 0) is 20.5 Å². The number of hydrogen-bond acceptors (Lipinski definition) is 4. The van der Waals surface area contributed by atoms with Crippen molar-refractivity contribution in [3.05, 3.63) is 56.7 Å². The highest BCUT2D eigenvalue weighted by Gasteiger charge is 2.34. The maximum Gasteiger partial charge on any atom is 0.418 e. The molecule has 1 atom stereocenters. The molecule has 0 bridgehead atoms. The highest BCUT2D eigenvalue weighted by atomic mass is 35.5. The maximum absolute atomic E-state index is 13.0. The summed E-state index contributed by atoms with van der Waals surface area (Å²) in [5.41, 5.74) is -1.56. The Kier molecular flexibility index (Phi) is 6.67. The molecule has 9 heteroatoms. The third kappa shape index (κ3) is 6.11. The number of carbonyl (C=O) groups excluding carboxylic acids is 2. The lowest BCUT2D eigenvalue weighted by atomic mass is 10.1. The minimum absolute atomic E-state index is 0.117. The number of benzene rings is 1. The number of esters is 1. The lowest BCUT2D eigenvalue weighted by Gasteiger charge is -2.16. The highest BCUT2D eigenvalue weighted by Crippen LogP contribution is 2.36. The van der Waals surface area contributed by atoms with E-state index in [0.29, 0.717) is 6.07 Å². The fraction of sp³-hybridized carbons (Fsp3) is 0.222. The summed E-state index contributed by atoms with van der Waals surface area (Å²) < 4.78 is 44.1. The predicted octanol–water partition coefficient (Wildman–Crippen LogP) is 5.31. The van der Waals surface area contributed by atoms with Crippen LogP contribution in [0.2, 0.25) is 5.02 Å². The van der Waals surface area contributed by atoms with E-state index in [1.54, 1.807) is 0 Å². The molecule has 4 nitrogen and oxygen atoms in total. The molecular weight excluding hydrogens is 403 g/mol. The van der Waals surface area contributed by atoms with Crippen LogP contribution in [0, 0.1) is 6.92 Å². The molecule has 0 saturated carbocycles. The summed E-state index contributed by atoms with van der Waals surface area (Å²) in [6, 6.07) is 6.67. The van der Waals surface area contributed by atoms with Gasteiger partial charge in [0.25, 0.3) is 5.91 Å². The molecule has 1 heterocycles. The summed E-state index contributed by atoms with van der Waals surface area (Å²) in [5.74, 6) is -1.67.